The Labute approximate surface area is 186 Å². The highest BCUT2D eigenvalue weighted by Crippen LogP contribution is 2.30. The fourth-order valence-corrected chi connectivity index (χ4v) is 3.21. The molecule has 0 spiro atoms. The molecule has 4 rings (SSSR count). The van der Waals surface area contributed by atoms with Crippen LogP contribution in [0.15, 0.2) is 85.1 Å². The Balaban J connectivity index is 1.45. The summed E-state index contributed by atoms with van der Waals surface area (Å²) < 4.78 is 11.2. The van der Waals surface area contributed by atoms with Gasteiger partial charge in [0.25, 0.3) is 5.91 Å². The Morgan fingerprint density at radius 3 is 2.38 bits per heavy atom. The average Bonchev–Trinajstić information content (AvgIpc) is 2.84. The van der Waals surface area contributed by atoms with Crippen molar-refractivity contribution in [3.8, 4) is 28.8 Å². The number of hydrogen-bond acceptors (Lipinski definition) is 5. The van der Waals surface area contributed by atoms with Gasteiger partial charge < -0.3 is 14.8 Å². The van der Waals surface area contributed by atoms with Gasteiger partial charge in [-0.3, -0.25) is 4.79 Å². The first kappa shape index (κ1) is 21.1. The minimum Gasteiger partial charge on any atom is -0.493 e. The SMILES string of the molecule is COc1ccccc1Oc1ccnc(-c2ccc(C(=O)NCc3ccccc3C)cc2)n1. The summed E-state index contributed by atoms with van der Waals surface area (Å²) in [7, 11) is 1.59. The van der Waals surface area contributed by atoms with E-state index in [4.69, 9.17) is 9.47 Å². The minimum atomic E-state index is -0.131. The van der Waals surface area contributed by atoms with Gasteiger partial charge in [0.15, 0.2) is 17.3 Å². The van der Waals surface area contributed by atoms with Crippen molar-refractivity contribution in [1.29, 1.82) is 0 Å². The maximum absolute atomic E-state index is 12.5. The molecule has 32 heavy (non-hydrogen) atoms. The van der Waals surface area contributed by atoms with E-state index in [2.05, 4.69) is 15.3 Å². The molecule has 6 nitrogen and oxygen atoms in total. The van der Waals surface area contributed by atoms with Gasteiger partial charge in [-0.05, 0) is 42.3 Å². The fraction of sp³-hybridized carbons (Fsp3) is 0.115. The molecule has 160 valence electrons. The molecule has 0 aliphatic rings. The number of methoxy groups -OCH3 is 1. The molecule has 4 aromatic rings. The smallest absolute Gasteiger partial charge is 0.251 e. The van der Waals surface area contributed by atoms with Crippen molar-refractivity contribution in [2.45, 2.75) is 13.5 Å². The van der Waals surface area contributed by atoms with Crippen molar-refractivity contribution in [3.05, 3.63) is 102 Å². The van der Waals surface area contributed by atoms with Crippen molar-refractivity contribution in [1.82, 2.24) is 15.3 Å². The van der Waals surface area contributed by atoms with Crippen molar-refractivity contribution in [3.63, 3.8) is 0 Å². The van der Waals surface area contributed by atoms with E-state index in [1.54, 1.807) is 31.5 Å². The van der Waals surface area contributed by atoms with Gasteiger partial charge in [-0.25, -0.2) is 4.98 Å². The average molecular weight is 425 g/mol. The highest BCUT2D eigenvalue weighted by atomic mass is 16.5. The second-order valence-corrected chi connectivity index (χ2v) is 7.16. The predicted molar refractivity (Wildman–Crippen MR) is 123 cm³/mol. The number of benzene rings is 3. The third-order valence-electron chi connectivity index (χ3n) is 5.02. The molecule has 0 saturated carbocycles. The lowest BCUT2D eigenvalue weighted by molar-refractivity contribution is 0.0951. The van der Waals surface area contributed by atoms with Crippen LogP contribution in [0.4, 0.5) is 0 Å². The lowest BCUT2D eigenvalue weighted by Crippen LogP contribution is -2.23. The van der Waals surface area contributed by atoms with Gasteiger partial charge in [0.2, 0.25) is 5.88 Å². The van der Waals surface area contributed by atoms with E-state index in [1.165, 1.54) is 0 Å². The Morgan fingerprint density at radius 2 is 1.62 bits per heavy atom. The van der Waals surface area contributed by atoms with Gasteiger partial charge in [-0.1, -0.05) is 48.5 Å². The van der Waals surface area contributed by atoms with Crippen LogP contribution in [0.25, 0.3) is 11.4 Å². The number of nitrogens with zero attached hydrogens (tertiary/aromatic N) is 2. The number of carbonyl (C=O) groups excluding carboxylic acids is 1. The van der Waals surface area contributed by atoms with Gasteiger partial charge >= 0.3 is 0 Å². The molecule has 1 aromatic heterocycles. The Morgan fingerprint density at radius 1 is 0.906 bits per heavy atom. The maximum Gasteiger partial charge on any atom is 0.251 e. The molecule has 6 heteroatoms. The molecule has 3 aromatic carbocycles. The zero-order valence-electron chi connectivity index (χ0n) is 17.9. The lowest BCUT2D eigenvalue weighted by Gasteiger charge is -2.10. The zero-order valence-corrected chi connectivity index (χ0v) is 17.9. The van der Waals surface area contributed by atoms with Crippen LogP contribution >= 0.6 is 0 Å². The van der Waals surface area contributed by atoms with Crippen LogP contribution in [0.2, 0.25) is 0 Å². The quantitative estimate of drug-likeness (QED) is 0.441. The summed E-state index contributed by atoms with van der Waals surface area (Å²) in [6, 6.07) is 24.2. The first-order chi connectivity index (χ1) is 15.6. The summed E-state index contributed by atoms with van der Waals surface area (Å²) in [5.74, 6) is 1.96. The van der Waals surface area contributed by atoms with Gasteiger partial charge in [0, 0.05) is 29.9 Å². The molecule has 0 fully saturated rings. The molecule has 1 N–H and O–H groups in total. The molecule has 0 unspecified atom stereocenters. The van der Waals surface area contributed by atoms with Crippen LogP contribution in [-0.2, 0) is 6.54 Å². The van der Waals surface area contributed by atoms with Gasteiger partial charge in [-0.15, -0.1) is 0 Å². The van der Waals surface area contributed by atoms with Crippen molar-refractivity contribution < 1.29 is 14.3 Å². The molecule has 0 radical (unpaired) electrons. The van der Waals surface area contributed by atoms with Crippen LogP contribution in [0.5, 0.6) is 17.4 Å². The number of nitrogens with one attached hydrogen (secondary N) is 1. The van der Waals surface area contributed by atoms with Crippen LogP contribution in [0, 0.1) is 6.92 Å². The van der Waals surface area contributed by atoms with Crippen LogP contribution in [-0.4, -0.2) is 23.0 Å². The fourth-order valence-electron chi connectivity index (χ4n) is 3.21. The third kappa shape index (κ3) is 4.92. The van der Waals surface area contributed by atoms with Gasteiger partial charge in [0.05, 0.1) is 7.11 Å². The Kier molecular flexibility index (Phi) is 6.41. The number of amides is 1. The third-order valence-corrected chi connectivity index (χ3v) is 5.02. The number of carbonyl (C=O) groups is 1. The highest BCUT2D eigenvalue weighted by molar-refractivity contribution is 5.94. The second kappa shape index (κ2) is 9.75. The van der Waals surface area contributed by atoms with E-state index in [0.717, 1.165) is 16.7 Å². The second-order valence-electron chi connectivity index (χ2n) is 7.16. The molecule has 1 heterocycles. The number of para-hydroxylation sites is 2. The number of hydrogen-bond donors (Lipinski definition) is 1. The first-order valence-corrected chi connectivity index (χ1v) is 10.2. The van der Waals surface area contributed by atoms with E-state index in [1.807, 2.05) is 67.6 Å². The largest absolute Gasteiger partial charge is 0.493 e. The molecular formula is C26H23N3O3. The van der Waals surface area contributed by atoms with Crippen LogP contribution in [0.1, 0.15) is 21.5 Å². The zero-order chi connectivity index (χ0) is 22.3. The standard InChI is InChI=1S/C26H23N3O3/c1-18-7-3-4-8-21(18)17-28-26(30)20-13-11-19(12-14-20)25-27-16-15-24(29-25)32-23-10-6-5-9-22(23)31-2/h3-16H,17H2,1-2H3,(H,28,30). The first-order valence-electron chi connectivity index (χ1n) is 10.2. The molecule has 0 bridgehead atoms. The molecule has 0 aliphatic carbocycles. The summed E-state index contributed by atoms with van der Waals surface area (Å²) in [4.78, 5) is 21.3. The topological polar surface area (TPSA) is 73.3 Å². The number of aromatic nitrogens is 2. The van der Waals surface area contributed by atoms with Crippen LogP contribution in [0.3, 0.4) is 0 Å². The van der Waals surface area contributed by atoms with Crippen molar-refractivity contribution in [2.75, 3.05) is 7.11 Å². The van der Waals surface area contributed by atoms with Gasteiger partial charge in [-0.2, -0.15) is 4.98 Å². The normalized spacial score (nSPS) is 10.4. The van der Waals surface area contributed by atoms with E-state index >= 15 is 0 Å². The number of ether oxygens (including phenoxy) is 2. The number of aryl methyl sites for hydroxylation is 1. The Hall–Kier alpha value is -4.19. The lowest BCUT2D eigenvalue weighted by atomic mass is 10.1. The molecular weight excluding hydrogens is 402 g/mol. The number of rotatable bonds is 7. The predicted octanol–water partition coefficient (Wildman–Crippen LogP) is 5.18. The molecule has 0 saturated heterocycles. The highest BCUT2D eigenvalue weighted by Gasteiger charge is 2.10. The molecule has 0 atom stereocenters. The van der Waals surface area contributed by atoms with E-state index in [9.17, 15) is 4.79 Å². The van der Waals surface area contributed by atoms with E-state index in [0.29, 0.717) is 35.3 Å². The van der Waals surface area contributed by atoms with Crippen molar-refractivity contribution in [2.24, 2.45) is 0 Å². The monoisotopic (exact) mass is 425 g/mol. The van der Waals surface area contributed by atoms with Crippen molar-refractivity contribution >= 4 is 5.91 Å². The maximum atomic E-state index is 12.5. The summed E-state index contributed by atoms with van der Waals surface area (Å²) in [5, 5.41) is 2.96. The molecule has 0 aliphatic heterocycles. The van der Waals surface area contributed by atoms with Crippen LogP contribution < -0.4 is 14.8 Å². The minimum absolute atomic E-state index is 0.131. The van der Waals surface area contributed by atoms with E-state index < -0.39 is 0 Å². The molecule has 1 amide bonds. The summed E-state index contributed by atoms with van der Waals surface area (Å²) in [6.45, 7) is 2.51. The summed E-state index contributed by atoms with van der Waals surface area (Å²) >= 11 is 0. The Bertz CT molecular complexity index is 1220. The summed E-state index contributed by atoms with van der Waals surface area (Å²) in [5.41, 5.74) is 3.60. The van der Waals surface area contributed by atoms with E-state index in [-0.39, 0.29) is 5.91 Å². The summed E-state index contributed by atoms with van der Waals surface area (Å²) in [6.07, 6.45) is 1.63. The van der Waals surface area contributed by atoms with Gasteiger partial charge in [0.1, 0.15) is 0 Å².